The van der Waals surface area contributed by atoms with Crippen molar-refractivity contribution in [3.05, 3.63) is 35.9 Å². The maximum atomic E-state index is 12.1. The topological polar surface area (TPSA) is 67.9 Å². The largest absolute Gasteiger partial charge is 0.382 e. The molecule has 1 aliphatic rings. The van der Waals surface area contributed by atoms with Crippen LogP contribution in [-0.2, 0) is 19.1 Å². The molecule has 0 bridgehead atoms. The number of nitrogens with zero attached hydrogens (tertiary/aromatic N) is 1. The van der Waals surface area contributed by atoms with Gasteiger partial charge in [0.1, 0.15) is 6.04 Å². The molecule has 0 aliphatic carbocycles. The molecule has 114 valence electrons. The van der Waals surface area contributed by atoms with Gasteiger partial charge in [0.15, 0.2) is 0 Å². The number of piperazine rings is 1. The summed E-state index contributed by atoms with van der Waals surface area (Å²) in [6, 6.07) is 8.70. The van der Waals surface area contributed by atoms with Crippen LogP contribution in [0, 0.1) is 0 Å². The van der Waals surface area contributed by atoms with Crippen molar-refractivity contribution in [2.45, 2.75) is 6.04 Å². The molecule has 1 fully saturated rings. The lowest BCUT2D eigenvalue weighted by molar-refractivity contribution is -0.146. The quantitative estimate of drug-likeness (QED) is 0.736. The van der Waals surface area contributed by atoms with Gasteiger partial charge < -0.3 is 19.7 Å². The van der Waals surface area contributed by atoms with Gasteiger partial charge in [-0.15, -0.1) is 0 Å². The molecule has 1 unspecified atom stereocenters. The Morgan fingerprint density at radius 3 is 2.67 bits per heavy atom. The Kier molecular flexibility index (Phi) is 5.71. The van der Waals surface area contributed by atoms with Crippen LogP contribution in [0.4, 0.5) is 0 Å². The first-order valence-electron chi connectivity index (χ1n) is 6.93. The fourth-order valence-electron chi connectivity index (χ4n) is 2.27. The van der Waals surface area contributed by atoms with Crippen molar-refractivity contribution < 1.29 is 19.1 Å². The summed E-state index contributed by atoms with van der Waals surface area (Å²) in [5.74, 6) is -0.253. The van der Waals surface area contributed by atoms with Crippen LogP contribution in [0.5, 0.6) is 0 Å². The van der Waals surface area contributed by atoms with Crippen LogP contribution in [0.1, 0.15) is 11.6 Å². The lowest BCUT2D eigenvalue weighted by Crippen LogP contribution is -2.54. The summed E-state index contributed by atoms with van der Waals surface area (Å²) in [4.78, 5) is 25.8. The third-order valence-electron chi connectivity index (χ3n) is 3.32. The van der Waals surface area contributed by atoms with E-state index in [1.807, 2.05) is 30.3 Å². The molecule has 6 heteroatoms. The molecule has 2 rings (SSSR count). The first-order valence-corrected chi connectivity index (χ1v) is 6.93. The van der Waals surface area contributed by atoms with E-state index < -0.39 is 6.04 Å². The molecule has 1 saturated heterocycles. The van der Waals surface area contributed by atoms with E-state index in [-0.39, 0.29) is 18.4 Å². The minimum Gasteiger partial charge on any atom is -0.382 e. The number of rotatable bonds is 7. The molecular weight excluding hydrogens is 272 g/mol. The van der Waals surface area contributed by atoms with Gasteiger partial charge in [-0.25, -0.2) is 0 Å². The van der Waals surface area contributed by atoms with E-state index in [9.17, 15) is 9.59 Å². The molecule has 6 nitrogen and oxygen atoms in total. The van der Waals surface area contributed by atoms with Crippen LogP contribution in [0.25, 0.3) is 0 Å². The summed E-state index contributed by atoms with van der Waals surface area (Å²) in [6.07, 6.45) is 0. The SMILES string of the molecule is COCCOCCN1C(=O)CNC(=O)C1c1ccccc1. The minimum atomic E-state index is -0.585. The zero-order valence-electron chi connectivity index (χ0n) is 12.1. The summed E-state index contributed by atoms with van der Waals surface area (Å²) < 4.78 is 10.3. The fraction of sp³-hybridized carbons (Fsp3) is 0.467. The monoisotopic (exact) mass is 292 g/mol. The van der Waals surface area contributed by atoms with E-state index >= 15 is 0 Å². The second-order valence-corrected chi connectivity index (χ2v) is 4.72. The molecule has 1 aliphatic heterocycles. The van der Waals surface area contributed by atoms with E-state index in [1.54, 1.807) is 12.0 Å². The van der Waals surface area contributed by atoms with Gasteiger partial charge >= 0.3 is 0 Å². The highest BCUT2D eigenvalue weighted by Gasteiger charge is 2.35. The Hall–Kier alpha value is -1.92. The number of hydrogen-bond acceptors (Lipinski definition) is 4. The third kappa shape index (κ3) is 4.03. The number of nitrogens with one attached hydrogen (secondary N) is 1. The molecular formula is C15H20N2O4. The standard InChI is InChI=1S/C15H20N2O4/c1-20-9-10-21-8-7-17-13(18)11-16-15(19)14(17)12-5-3-2-4-6-12/h2-6,14H,7-11H2,1H3,(H,16,19). The Morgan fingerprint density at radius 1 is 1.19 bits per heavy atom. The lowest BCUT2D eigenvalue weighted by atomic mass is 10.0. The average molecular weight is 292 g/mol. The highest BCUT2D eigenvalue weighted by molar-refractivity contribution is 5.95. The molecule has 2 amide bonds. The number of ether oxygens (including phenoxy) is 2. The number of benzene rings is 1. The van der Waals surface area contributed by atoms with Crippen molar-refractivity contribution in [2.75, 3.05) is 40.0 Å². The van der Waals surface area contributed by atoms with Crippen LogP contribution < -0.4 is 5.32 Å². The van der Waals surface area contributed by atoms with E-state index in [0.29, 0.717) is 26.4 Å². The Morgan fingerprint density at radius 2 is 1.95 bits per heavy atom. The van der Waals surface area contributed by atoms with Crippen molar-refractivity contribution in [1.82, 2.24) is 10.2 Å². The molecule has 0 saturated carbocycles. The van der Waals surface area contributed by atoms with Gasteiger partial charge in [0.2, 0.25) is 11.8 Å². The third-order valence-corrected chi connectivity index (χ3v) is 3.32. The number of hydrogen-bond donors (Lipinski definition) is 1. The van der Waals surface area contributed by atoms with Gasteiger partial charge in [0.05, 0.1) is 26.4 Å². The van der Waals surface area contributed by atoms with Gasteiger partial charge in [0, 0.05) is 13.7 Å². The summed E-state index contributed by atoms with van der Waals surface area (Å²) in [5, 5.41) is 2.63. The number of methoxy groups -OCH3 is 1. The minimum absolute atomic E-state index is 0.0419. The molecule has 1 aromatic rings. The van der Waals surface area contributed by atoms with E-state index in [4.69, 9.17) is 9.47 Å². The van der Waals surface area contributed by atoms with Crippen molar-refractivity contribution in [3.63, 3.8) is 0 Å². The van der Waals surface area contributed by atoms with Crippen LogP contribution in [-0.4, -0.2) is 56.7 Å². The zero-order chi connectivity index (χ0) is 15.1. The molecule has 1 atom stereocenters. The predicted octanol–water partition coefficient (Wildman–Crippen LogP) is 0.349. The van der Waals surface area contributed by atoms with E-state index in [1.165, 1.54) is 0 Å². The number of carbonyl (C=O) groups excluding carboxylic acids is 2. The highest BCUT2D eigenvalue weighted by atomic mass is 16.5. The molecule has 1 N–H and O–H groups in total. The number of amides is 2. The molecule has 0 radical (unpaired) electrons. The fourth-order valence-corrected chi connectivity index (χ4v) is 2.27. The lowest BCUT2D eigenvalue weighted by Gasteiger charge is -2.35. The van der Waals surface area contributed by atoms with Gasteiger partial charge in [0.25, 0.3) is 0 Å². The predicted molar refractivity (Wildman–Crippen MR) is 76.6 cm³/mol. The van der Waals surface area contributed by atoms with Crippen molar-refractivity contribution in [1.29, 1.82) is 0 Å². The second-order valence-electron chi connectivity index (χ2n) is 4.72. The summed E-state index contributed by atoms with van der Waals surface area (Å²) >= 11 is 0. The second kappa shape index (κ2) is 7.75. The molecule has 1 heterocycles. The zero-order valence-corrected chi connectivity index (χ0v) is 12.1. The van der Waals surface area contributed by atoms with Crippen LogP contribution >= 0.6 is 0 Å². The summed E-state index contributed by atoms with van der Waals surface area (Å²) in [5.41, 5.74) is 0.806. The average Bonchev–Trinajstić information content (AvgIpc) is 2.51. The van der Waals surface area contributed by atoms with Crippen molar-refractivity contribution >= 4 is 11.8 Å². The normalized spacial score (nSPS) is 18.7. The van der Waals surface area contributed by atoms with E-state index in [0.717, 1.165) is 5.56 Å². The Bertz CT molecular complexity index is 478. The van der Waals surface area contributed by atoms with Gasteiger partial charge in [-0.2, -0.15) is 0 Å². The Labute approximate surface area is 124 Å². The number of carbonyl (C=O) groups is 2. The van der Waals surface area contributed by atoms with Gasteiger partial charge in [-0.05, 0) is 5.56 Å². The van der Waals surface area contributed by atoms with Crippen molar-refractivity contribution in [3.8, 4) is 0 Å². The smallest absolute Gasteiger partial charge is 0.247 e. The molecule has 21 heavy (non-hydrogen) atoms. The maximum absolute atomic E-state index is 12.1. The summed E-state index contributed by atoms with van der Waals surface area (Å²) in [6.45, 7) is 1.79. The van der Waals surface area contributed by atoms with E-state index in [2.05, 4.69) is 5.32 Å². The summed E-state index contributed by atoms with van der Waals surface area (Å²) in [7, 11) is 1.60. The molecule has 0 spiro atoms. The Balaban J connectivity index is 2.03. The van der Waals surface area contributed by atoms with Gasteiger partial charge in [-0.1, -0.05) is 30.3 Å². The van der Waals surface area contributed by atoms with Gasteiger partial charge in [-0.3, -0.25) is 9.59 Å². The maximum Gasteiger partial charge on any atom is 0.247 e. The molecule has 0 aromatic heterocycles. The first-order chi connectivity index (χ1) is 10.2. The van der Waals surface area contributed by atoms with Crippen LogP contribution in [0.3, 0.4) is 0 Å². The van der Waals surface area contributed by atoms with Crippen molar-refractivity contribution in [2.24, 2.45) is 0 Å². The first kappa shape index (κ1) is 15.5. The van der Waals surface area contributed by atoms with Crippen LogP contribution in [0.2, 0.25) is 0 Å². The highest BCUT2D eigenvalue weighted by Crippen LogP contribution is 2.23. The molecule has 1 aromatic carbocycles. The van der Waals surface area contributed by atoms with Crippen LogP contribution in [0.15, 0.2) is 30.3 Å².